The number of nitrogens with zero attached hydrogens (tertiary/aromatic N) is 3. The summed E-state index contributed by atoms with van der Waals surface area (Å²) in [6, 6.07) is 4.47. The van der Waals surface area contributed by atoms with Crippen molar-refractivity contribution in [3.8, 4) is 11.4 Å². The summed E-state index contributed by atoms with van der Waals surface area (Å²) in [5.74, 6) is 0.443. The summed E-state index contributed by atoms with van der Waals surface area (Å²) in [6.45, 7) is 5.67. The highest BCUT2D eigenvalue weighted by Crippen LogP contribution is 2.28. The fourth-order valence-corrected chi connectivity index (χ4v) is 2.06. The molecule has 0 amide bonds. The SMILES string of the molecule is CC(C)(C)n1c(CO)nnc1-c1ccc(Cl)c(F)c1. The normalized spacial score (nSPS) is 11.9. The zero-order chi connectivity index (χ0) is 14.2. The Morgan fingerprint density at radius 2 is 2.00 bits per heavy atom. The minimum Gasteiger partial charge on any atom is -0.388 e. The van der Waals surface area contributed by atoms with E-state index >= 15 is 0 Å². The lowest BCUT2D eigenvalue weighted by atomic mass is 10.1. The fourth-order valence-electron chi connectivity index (χ4n) is 1.95. The number of aromatic nitrogens is 3. The molecule has 1 N–H and O–H groups in total. The molecule has 0 spiro atoms. The molecule has 4 nitrogen and oxygen atoms in total. The maximum absolute atomic E-state index is 13.5. The molecule has 0 bridgehead atoms. The Morgan fingerprint density at radius 3 is 2.53 bits per heavy atom. The third kappa shape index (κ3) is 2.62. The van der Waals surface area contributed by atoms with Crippen LogP contribution < -0.4 is 0 Å². The summed E-state index contributed by atoms with van der Waals surface area (Å²) in [5, 5.41) is 17.4. The second-order valence-corrected chi connectivity index (χ2v) is 5.64. The van der Waals surface area contributed by atoms with E-state index in [9.17, 15) is 9.50 Å². The van der Waals surface area contributed by atoms with Gasteiger partial charge in [-0.1, -0.05) is 11.6 Å². The van der Waals surface area contributed by atoms with E-state index in [1.807, 2.05) is 20.8 Å². The molecule has 2 rings (SSSR count). The van der Waals surface area contributed by atoms with Crippen molar-refractivity contribution < 1.29 is 9.50 Å². The topological polar surface area (TPSA) is 50.9 Å². The Hall–Kier alpha value is -1.46. The van der Waals surface area contributed by atoms with E-state index in [1.165, 1.54) is 12.1 Å². The Morgan fingerprint density at radius 1 is 1.32 bits per heavy atom. The molecular formula is C13H15ClFN3O. The molecule has 0 fully saturated rings. The zero-order valence-electron chi connectivity index (χ0n) is 11.0. The molecule has 0 aliphatic rings. The van der Waals surface area contributed by atoms with Crippen LogP contribution in [0.4, 0.5) is 4.39 Å². The first-order valence-electron chi connectivity index (χ1n) is 5.85. The van der Waals surface area contributed by atoms with Crippen molar-refractivity contribution in [3.05, 3.63) is 34.9 Å². The largest absolute Gasteiger partial charge is 0.388 e. The molecule has 0 radical (unpaired) electrons. The number of halogens is 2. The molecule has 0 saturated heterocycles. The molecule has 1 aromatic heterocycles. The van der Waals surface area contributed by atoms with Gasteiger partial charge in [0.2, 0.25) is 0 Å². The summed E-state index contributed by atoms with van der Waals surface area (Å²) >= 11 is 5.67. The van der Waals surface area contributed by atoms with Crippen LogP contribution in [0.2, 0.25) is 5.02 Å². The van der Waals surface area contributed by atoms with Gasteiger partial charge in [0.25, 0.3) is 0 Å². The Balaban J connectivity index is 2.62. The predicted molar refractivity (Wildman–Crippen MR) is 71.3 cm³/mol. The van der Waals surface area contributed by atoms with Gasteiger partial charge in [0.1, 0.15) is 12.4 Å². The number of aliphatic hydroxyl groups excluding tert-OH is 1. The number of aliphatic hydroxyl groups is 1. The van der Waals surface area contributed by atoms with Crippen LogP contribution >= 0.6 is 11.6 Å². The zero-order valence-corrected chi connectivity index (χ0v) is 11.7. The summed E-state index contributed by atoms with van der Waals surface area (Å²) < 4.78 is 15.3. The summed E-state index contributed by atoms with van der Waals surface area (Å²) in [7, 11) is 0. The molecule has 6 heteroatoms. The number of benzene rings is 1. The first-order valence-corrected chi connectivity index (χ1v) is 6.23. The average molecular weight is 284 g/mol. The summed E-state index contributed by atoms with van der Waals surface area (Å²) in [6.07, 6.45) is 0. The van der Waals surface area contributed by atoms with Crippen molar-refractivity contribution in [1.82, 2.24) is 14.8 Å². The predicted octanol–water partition coefficient (Wildman–Crippen LogP) is 2.98. The molecule has 1 heterocycles. The quantitative estimate of drug-likeness (QED) is 0.922. The lowest BCUT2D eigenvalue weighted by Gasteiger charge is -2.24. The van der Waals surface area contributed by atoms with Crippen molar-refractivity contribution in [2.24, 2.45) is 0 Å². The molecule has 0 aliphatic heterocycles. The van der Waals surface area contributed by atoms with E-state index in [0.717, 1.165) is 0 Å². The van der Waals surface area contributed by atoms with Gasteiger partial charge in [0, 0.05) is 11.1 Å². The molecule has 102 valence electrons. The van der Waals surface area contributed by atoms with Crippen molar-refractivity contribution in [2.75, 3.05) is 0 Å². The van der Waals surface area contributed by atoms with Crippen molar-refractivity contribution in [1.29, 1.82) is 0 Å². The van der Waals surface area contributed by atoms with Gasteiger partial charge in [-0.05, 0) is 39.0 Å². The maximum atomic E-state index is 13.5. The van der Waals surface area contributed by atoms with Crippen LogP contribution in [0.25, 0.3) is 11.4 Å². The van der Waals surface area contributed by atoms with Gasteiger partial charge in [-0.2, -0.15) is 0 Å². The van der Waals surface area contributed by atoms with E-state index in [1.54, 1.807) is 10.6 Å². The van der Waals surface area contributed by atoms with Crippen molar-refractivity contribution in [3.63, 3.8) is 0 Å². The number of hydrogen-bond acceptors (Lipinski definition) is 3. The molecule has 1 aromatic carbocycles. The van der Waals surface area contributed by atoms with Crippen LogP contribution in [0, 0.1) is 5.82 Å². The van der Waals surface area contributed by atoms with E-state index in [0.29, 0.717) is 17.2 Å². The molecule has 0 unspecified atom stereocenters. The summed E-state index contributed by atoms with van der Waals surface area (Å²) in [5.41, 5.74) is 0.247. The first kappa shape index (κ1) is 14.0. The Bertz CT molecular complexity index is 604. The maximum Gasteiger partial charge on any atom is 0.164 e. The minimum absolute atomic E-state index is 0.0629. The van der Waals surface area contributed by atoms with Crippen molar-refractivity contribution >= 4 is 11.6 Å². The second-order valence-electron chi connectivity index (χ2n) is 5.23. The van der Waals surface area contributed by atoms with Crippen LogP contribution in [0.3, 0.4) is 0 Å². The number of hydrogen-bond donors (Lipinski definition) is 1. The molecule has 0 atom stereocenters. The van der Waals surface area contributed by atoms with Crippen molar-refractivity contribution in [2.45, 2.75) is 32.9 Å². The van der Waals surface area contributed by atoms with Crippen LogP contribution in [0.15, 0.2) is 18.2 Å². The van der Waals surface area contributed by atoms with Gasteiger partial charge in [0.05, 0.1) is 5.02 Å². The minimum atomic E-state index is -0.506. The Kier molecular flexibility index (Phi) is 3.60. The van der Waals surface area contributed by atoms with Gasteiger partial charge < -0.3 is 9.67 Å². The Labute approximate surface area is 115 Å². The smallest absolute Gasteiger partial charge is 0.164 e. The standard InChI is InChI=1S/C13H15ClFN3O/c1-13(2,3)18-11(7-19)16-17-12(18)8-4-5-9(14)10(15)6-8/h4-6,19H,7H2,1-3H3. The van der Waals surface area contributed by atoms with E-state index in [4.69, 9.17) is 11.6 Å². The summed E-state index contributed by atoms with van der Waals surface area (Å²) in [4.78, 5) is 0. The van der Waals surface area contributed by atoms with E-state index in [-0.39, 0.29) is 17.2 Å². The highest BCUT2D eigenvalue weighted by molar-refractivity contribution is 6.30. The number of rotatable bonds is 2. The molecule has 19 heavy (non-hydrogen) atoms. The molecule has 0 saturated carbocycles. The third-order valence-electron chi connectivity index (χ3n) is 2.72. The molecular weight excluding hydrogens is 269 g/mol. The van der Waals surface area contributed by atoms with Crippen LogP contribution in [0.5, 0.6) is 0 Å². The van der Waals surface area contributed by atoms with Crippen LogP contribution in [-0.4, -0.2) is 19.9 Å². The van der Waals surface area contributed by atoms with Gasteiger partial charge in [-0.3, -0.25) is 0 Å². The second kappa shape index (κ2) is 4.90. The van der Waals surface area contributed by atoms with Gasteiger partial charge in [-0.15, -0.1) is 10.2 Å². The van der Waals surface area contributed by atoms with Crippen LogP contribution in [0.1, 0.15) is 26.6 Å². The van der Waals surface area contributed by atoms with Crippen LogP contribution in [-0.2, 0) is 12.1 Å². The van der Waals surface area contributed by atoms with Gasteiger partial charge in [0.15, 0.2) is 11.6 Å². The monoisotopic (exact) mass is 283 g/mol. The lowest BCUT2D eigenvalue weighted by Crippen LogP contribution is -2.25. The average Bonchev–Trinajstić information content (AvgIpc) is 2.76. The third-order valence-corrected chi connectivity index (χ3v) is 3.03. The first-order chi connectivity index (χ1) is 8.84. The highest BCUT2D eigenvalue weighted by Gasteiger charge is 2.23. The van der Waals surface area contributed by atoms with E-state index in [2.05, 4.69) is 10.2 Å². The fraction of sp³-hybridized carbons (Fsp3) is 0.385. The van der Waals surface area contributed by atoms with Gasteiger partial charge in [-0.25, -0.2) is 4.39 Å². The lowest BCUT2D eigenvalue weighted by molar-refractivity contribution is 0.250. The molecule has 0 aliphatic carbocycles. The van der Waals surface area contributed by atoms with E-state index < -0.39 is 5.82 Å². The molecule has 2 aromatic rings. The highest BCUT2D eigenvalue weighted by atomic mass is 35.5. The van der Waals surface area contributed by atoms with Gasteiger partial charge >= 0.3 is 0 Å².